The Morgan fingerprint density at radius 1 is 1.00 bits per heavy atom. The van der Waals surface area contributed by atoms with E-state index in [1.165, 1.54) is 0 Å². The van der Waals surface area contributed by atoms with Crippen LogP contribution in [0, 0.1) is 0 Å². The quantitative estimate of drug-likeness (QED) is 0.740. The van der Waals surface area contributed by atoms with Gasteiger partial charge in [-0.05, 0) is 57.7 Å². The molecule has 120 valence electrons. The minimum absolute atomic E-state index is 0.219. The molecule has 1 heterocycles. The van der Waals surface area contributed by atoms with Crippen molar-refractivity contribution in [3.05, 3.63) is 35.4 Å². The molecular formula is C16H20BF3O2. The van der Waals surface area contributed by atoms with Gasteiger partial charge in [-0.2, -0.15) is 13.2 Å². The summed E-state index contributed by atoms with van der Waals surface area (Å²) in [7, 11) is -0.280. The molecule has 2 aliphatic rings. The van der Waals surface area contributed by atoms with E-state index in [4.69, 9.17) is 9.31 Å². The first kappa shape index (κ1) is 15.9. The standard InChI is InChI=1S/C16H20BF3O2/c1-14(2)15(3,4)22-17(21-14)13-9-12(13)10-5-7-11(8-6-10)16(18,19)20/h5-8,12-13H,9H2,1-4H3/t12-,13-/m1/s1. The lowest BCUT2D eigenvalue weighted by Crippen LogP contribution is -2.41. The van der Waals surface area contributed by atoms with Crippen LogP contribution in [0.1, 0.15) is 51.2 Å². The molecule has 1 aliphatic heterocycles. The predicted octanol–water partition coefficient (Wildman–Crippen LogP) is 4.66. The molecule has 0 radical (unpaired) electrons. The summed E-state index contributed by atoms with van der Waals surface area (Å²) in [6.45, 7) is 8.01. The molecule has 0 unspecified atom stereocenters. The van der Waals surface area contributed by atoms with E-state index in [0.29, 0.717) is 0 Å². The summed E-state index contributed by atoms with van der Waals surface area (Å²) in [6, 6.07) is 5.43. The van der Waals surface area contributed by atoms with Crippen molar-refractivity contribution in [3.63, 3.8) is 0 Å². The summed E-state index contributed by atoms with van der Waals surface area (Å²) in [5.74, 6) is 0.440. The van der Waals surface area contributed by atoms with Crippen LogP contribution in [0.4, 0.5) is 13.2 Å². The summed E-state index contributed by atoms with van der Waals surface area (Å²) < 4.78 is 49.8. The Balaban J connectivity index is 1.68. The molecule has 0 N–H and O–H groups in total. The van der Waals surface area contributed by atoms with Gasteiger partial charge < -0.3 is 9.31 Å². The van der Waals surface area contributed by atoms with Crippen LogP contribution in [-0.4, -0.2) is 18.3 Å². The SMILES string of the molecule is CC1(C)OB([C@@H]2C[C@@H]2c2ccc(C(F)(F)F)cc2)OC1(C)C. The van der Waals surface area contributed by atoms with E-state index in [1.54, 1.807) is 12.1 Å². The van der Waals surface area contributed by atoms with Gasteiger partial charge in [0.05, 0.1) is 16.8 Å². The second-order valence-electron chi connectivity index (χ2n) is 7.25. The van der Waals surface area contributed by atoms with Crippen molar-refractivity contribution in [2.45, 2.75) is 63.2 Å². The van der Waals surface area contributed by atoms with Crippen molar-refractivity contribution in [2.75, 3.05) is 0 Å². The number of benzene rings is 1. The van der Waals surface area contributed by atoms with Crippen LogP contribution in [0.3, 0.4) is 0 Å². The molecule has 2 nitrogen and oxygen atoms in total. The zero-order valence-corrected chi connectivity index (χ0v) is 13.2. The van der Waals surface area contributed by atoms with Gasteiger partial charge in [0.1, 0.15) is 0 Å². The Kier molecular flexibility index (Phi) is 3.42. The lowest BCUT2D eigenvalue weighted by atomic mass is 9.79. The Bertz CT molecular complexity index is 550. The van der Waals surface area contributed by atoms with E-state index < -0.39 is 11.7 Å². The highest BCUT2D eigenvalue weighted by Crippen LogP contribution is 2.58. The molecule has 22 heavy (non-hydrogen) atoms. The van der Waals surface area contributed by atoms with Gasteiger partial charge in [0.2, 0.25) is 0 Å². The summed E-state index contributed by atoms with van der Waals surface area (Å²) in [6.07, 6.45) is -3.39. The minimum atomic E-state index is -4.28. The Labute approximate surface area is 129 Å². The van der Waals surface area contributed by atoms with Gasteiger partial charge >= 0.3 is 13.3 Å². The Morgan fingerprint density at radius 2 is 1.50 bits per heavy atom. The van der Waals surface area contributed by atoms with Crippen LogP contribution in [0.2, 0.25) is 5.82 Å². The number of hydrogen-bond acceptors (Lipinski definition) is 2. The lowest BCUT2D eigenvalue weighted by Gasteiger charge is -2.32. The average molecular weight is 312 g/mol. The predicted molar refractivity (Wildman–Crippen MR) is 78.6 cm³/mol. The fourth-order valence-corrected chi connectivity index (χ4v) is 2.88. The van der Waals surface area contributed by atoms with Gasteiger partial charge in [-0.1, -0.05) is 12.1 Å². The minimum Gasteiger partial charge on any atom is -0.403 e. The highest BCUT2D eigenvalue weighted by atomic mass is 19.4. The average Bonchev–Trinajstić information content (AvgIpc) is 3.12. The van der Waals surface area contributed by atoms with E-state index in [2.05, 4.69) is 0 Å². The molecule has 1 aromatic rings. The van der Waals surface area contributed by atoms with Gasteiger partial charge in [-0.25, -0.2) is 0 Å². The highest BCUT2D eigenvalue weighted by molar-refractivity contribution is 6.49. The maximum atomic E-state index is 12.6. The van der Waals surface area contributed by atoms with E-state index in [1.807, 2.05) is 27.7 Å². The first-order chi connectivity index (χ1) is 10.0. The van der Waals surface area contributed by atoms with Crippen molar-refractivity contribution < 1.29 is 22.5 Å². The van der Waals surface area contributed by atoms with Crippen molar-refractivity contribution in [1.82, 2.24) is 0 Å². The third kappa shape index (κ3) is 2.67. The summed E-state index contributed by atoms with van der Waals surface area (Å²) in [5, 5.41) is 0. The number of halogens is 3. The van der Waals surface area contributed by atoms with Gasteiger partial charge in [-0.3, -0.25) is 0 Å². The molecular weight excluding hydrogens is 292 g/mol. The van der Waals surface area contributed by atoms with E-state index in [-0.39, 0.29) is 30.1 Å². The normalized spacial score (nSPS) is 29.7. The molecule has 0 aromatic heterocycles. The van der Waals surface area contributed by atoms with E-state index >= 15 is 0 Å². The third-order valence-electron chi connectivity index (χ3n) is 5.13. The molecule has 3 rings (SSSR count). The van der Waals surface area contributed by atoms with Crippen molar-refractivity contribution in [1.29, 1.82) is 0 Å². The molecule has 1 aromatic carbocycles. The van der Waals surface area contributed by atoms with E-state index in [0.717, 1.165) is 24.1 Å². The molecule has 0 spiro atoms. The fraction of sp³-hybridized carbons (Fsp3) is 0.625. The van der Waals surface area contributed by atoms with Gasteiger partial charge in [0, 0.05) is 5.82 Å². The molecule has 2 atom stereocenters. The Hall–Kier alpha value is -1.01. The summed E-state index contributed by atoms with van der Waals surface area (Å²) in [5.41, 5.74) is -0.424. The van der Waals surface area contributed by atoms with Crippen molar-refractivity contribution in [3.8, 4) is 0 Å². The first-order valence-electron chi connectivity index (χ1n) is 7.54. The van der Waals surface area contributed by atoms with Crippen molar-refractivity contribution in [2.24, 2.45) is 0 Å². The van der Waals surface area contributed by atoms with Crippen LogP contribution >= 0.6 is 0 Å². The second kappa shape index (κ2) is 4.74. The summed E-state index contributed by atoms with van der Waals surface area (Å²) >= 11 is 0. The molecule has 2 fully saturated rings. The maximum Gasteiger partial charge on any atom is 0.461 e. The summed E-state index contributed by atoms with van der Waals surface area (Å²) in [4.78, 5) is 0. The molecule has 1 saturated heterocycles. The smallest absolute Gasteiger partial charge is 0.403 e. The fourth-order valence-electron chi connectivity index (χ4n) is 2.88. The third-order valence-corrected chi connectivity index (χ3v) is 5.13. The van der Waals surface area contributed by atoms with Gasteiger partial charge in [0.15, 0.2) is 0 Å². The second-order valence-corrected chi connectivity index (χ2v) is 7.25. The Morgan fingerprint density at radius 3 is 1.95 bits per heavy atom. The molecule has 1 aliphatic carbocycles. The number of alkyl halides is 3. The monoisotopic (exact) mass is 312 g/mol. The first-order valence-corrected chi connectivity index (χ1v) is 7.54. The molecule has 0 amide bonds. The molecule has 6 heteroatoms. The zero-order chi connectivity index (χ0) is 16.3. The molecule has 1 saturated carbocycles. The zero-order valence-electron chi connectivity index (χ0n) is 13.2. The van der Waals surface area contributed by atoms with Crippen LogP contribution in [0.15, 0.2) is 24.3 Å². The number of rotatable bonds is 2. The van der Waals surface area contributed by atoms with Crippen LogP contribution in [0.5, 0.6) is 0 Å². The maximum absolute atomic E-state index is 12.6. The largest absolute Gasteiger partial charge is 0.461 e. The van der Waals surface area contributed by atoms with Gasteiger partial charge in [-0.15, -0.1) is 0 Å². The van der Waals surface area contributed by atoms with Crippen molar-refractivity contribution >= 4 is 7.12 Å². The van der Waals surface area contributed by atoms with Crippen LogP contribution in [0.25, 0.3) is 0 Å². The van der Waals surface area contributed by atoms with Gasteiger partial charge in [0.25, 0.3) is 0 Å². The highest BCUT2D eigenvalue weighted by Gasteiger charge is 2.59. The van der Waals surface area contributed by atoms with Crippen LogP contribution in [-0.2, 0) is 15.5 Å². The molecule has 0 bridgehead atoms. The van der Waals surface area contributed by atoms with E-state index in [9.17, 15) is 13.2 Å². The van der Waals surface area contributed by atoms with Crippen LogP contribution < -0.4 is 0 Å². The number of hydrogen-bond donors (Lipinski definition) is 0. The topological polar surface area (TPSA) is 18.5 Å². The lowest BCUT2D eigenvalue weighted by molar-refractivity contribution is -0.137.